The molecule has 114 valence electrons. The van der Waals surface area contributed by atoms with Crippen LogP contribution in [0.15, 0.2) is 6.07 Å². The Hall–Kier alpha value is -1.07. The monoisotopic (exact) mass is 289 g/mol. The SMILES string of the molecule is Cc1cc(C)c(C)c(C(N)CCOCC(F)(F)F)c1C. The van der Waals surface area contributed by atoms with Gasteiger partial charge in [0.05, 0.1) is 0 Å². The van der Waals surface area contributed by atoms with E-state index >= 15 is 0 Å². The summed E-state index contributed by atoms with van der Waals surface area (Å²) in [7, 11) is 0. The summed E-state index contributed by atoms with van der Waals surface area (Å²) < 4.78 is 40.6. The summed E-state index contributed by atoms with van der Waals surface area (Å²) in [6.45, 7) is 6.80. The molecule has 2 nitrogen and oxygen atoms in total. The number of hydrogen-bond donors (Lipinski definition) is 1. The van der Waals surface area contributed by atoms with Crippen molar-refractivity contribution < 1.29 is 17.9 Å². The Bertz CT molecular complexity index is 443. The Morgan fingerprint density at radius 1 is 1.10 bits per heavy atom. The number of aryl methyl sites for hydroxylation is 2. The fourth-order valence-corrected chi connectivity index (χ4v) is 2.35. The quantitative estimate of drug-likeness (QED) is 0.835. The summed E-state index contributed by atoms with van der Waals surface area (Å²) in [6.07, 6.45) is -3.91. The van der Waals surface area contributed by atoms with Crippen molar-refractivity contribution in [2.75, 3.05) is 13.2 Å². The van der Waals surface area contributed by atoms with Crippen LogP contribution < -0.4 is 5.73 Å². The first-order valence-electron chi connectivity index (χ1n) is 6.61. The van der Waals surface area contributed by atoms with Crippen LogP contribution in [-0.2, 0) is 4.74 Å². The van der Waals surface area contributed by atoms with Gasteiger partial charge in [0.1, 0.15) is 6.61 Å². The Balaban J connectivity index is 2.71. The molecule has 0 saturated heterocycles. The normalized spacial score (nSPS) is 13.6. The molecular formula is C15H22F3NO. The minimum absolute atomic E-state index is 0.00649. The second-order valence-corrected chi connectivity index (χ2v) is 5.24. The molecule has 1 unspecified atom stereocenters. The fraction of sp³-hybridized carbons (Fsp3) is 0.600. The average Bonchev–Trinajstić information content (AvgIpc) is 2.31. The van der Waals surface area contributed by atoms with Gasteiger partial charge in [-0.15, -0.1) is 0 Å². The Morgan fingerprint density at radius 2 is 1.60 bits per heavy atom. The Morgan fingerprint density at radius 3 is 2.05 bits per heavy atom. The number of ether oxygens (including phenoxy) is 1. The predicted octanol–water partition coefficient (Wildman–Crippen LogP) is 3.89. The van der Waals surface area contributed by atoms with E-state index in [1.807, 2.05) is 27.7 Å². The highest BCUT2D eigenvalue weighted by Crippen LogP contribution is 2.28. The van der Waals surface area contributed by atoms with Crippen LogP contribution in [0.4, 0.5) is 13.2 Å². The van der Waals surface area contributed by atoms with Gasteiger partial charge >= 0.3 is 6.18 Å². The molecule has 0 saturated carbocycles. The van der Waals surface area contributed by atoms with Gasteiger partial charge in [-0.25, -0.2) is 0 Å². The van der Waals surface area contributed by atoms with Crippen LogP contribution in [0.25, 0.3) is 0 Å². The molecule has 1 atom stereocenters. The fourth-order valence-electron chi connectivity index (χ4n) is 2.35. The van der Waals surface area contributed by atoms with E-state index in [0.29, 0.717) is 6.42 Å². The number of halogens is 3. The van der Waals surface area contributed by atoms with Gasteiger partial charge in [-0.1, -0.05) is 6.07 Å². The van der Waals surface area contributed by atoms with Crippen molar-refractivity contribution in [3.63, 3.8) is 0 Å². The molecule has 0 spiro atoms. The van der Waals surface area contributed by atoms with Gasteiger partial charge in [0.25, 0.3) is 0 Å². The number of hydrogen-bond acceptors (Lipinski definition) is 2. The van der Waals surface area contributed by atoms with Gasteiger partial charge in [-0.05, 0) is 61.9 Å². The second-order valence-electron chi connectivity index (χ2n) is 5.24. The highest BCUT2D eigenvalue weighted by Gasteiger charge is 2.27. The first-order valence-corrected chi connectivity index (χ1v) is 6.61. The van der Waals surface area contributed by atoms with Crippen LogP contribution in [0, 0.1) is 27.7 Å². The lowest BCUT2D eigenvalue weighted by Gasteiger charge is -2.21. The minimum Gasteiger partial charge on any atom is -0.372 e. The molecule has 0 aliphatic carbocycles. The zero-order chi connectivity index (χ0) is 15.5. The Labute approximate surface area is 118 Å². The highest BCUT2D eigenvalue weighted by molar-refractivity contribution is 5.45. The zero-order valence-electron chi connectivity index (χ0n) is 12.4. The number of nitrogens with two attached hydrogens (primary N) is 1. The standard InChI is InChI=1S/C15H22F3NO/c1-9-7-10(2)12(4)14(11(9)3)13(19)5-6-20-8-15(16,17)18/h7,13H,5-6,8,19H2,1-4H3. The van der Waals surface area contributed by atoms with E-state index in [1.54, 1.807) is 0 Å². The van der Waals surface area contributed by atoms with Gasteiger partial charge in [0.2, 0.25) is 0 Å². The van der Waals surface area contributed by atoms with Crippen LogP contribution in [-0.4, -0.2) is 19.4 Å². The predicted molar refractivity (Wildman–Crippen MR) is 73.8 cm³/mol. The topological polar surface area (TPSA) is 35.2 Å². The summed E-state index contributed by atoms with van der Waals surface area (Å²) in [5, 5.41) is 0. The molecule has 0 amide bonds. The Kier molecular flexibility index (Phi) is 5.59. The van der Waals surface area contributed by atoms with Crippen LogP contribution in [0.1, 0.15) is 40.3 Å². The van der Waals surface area contributed by atoms with Crippen molar-refractivity contribution in [2.45, 2.75) is 46.3 Å². The molecule has 2 N–H and O–H groups in total. The van der Waals surface area contributed by atoms with Gasteiger partial charge in [0, 0.05) is 12.6 Å². The summed E-state index contributed by atoms with van der Waals surface area (Å²) in [5.41, 5.74) is 11.7. The number of alkyl halides is 3. The van der Waals surface area contributed by atoms with Crippen molar-refractivity contribution in [3.05, 3.63) is 33.9 Å². The van der Waals surface area contributed by atoms with E-state index in [2.05, 4.69) is 10.8 Å². The van der Waals surface area contributed by atoms with Crippen LogP contribution >= 0.6 is 0 Å². The van der Waals surface area contributed by atoms with Gasteiger partial charge in [-0.3, -0.25) is 0 Å². The number of benzene rings is 1. The van der Waals surface area contributed by atoms with Crippen LogP contribution in [0.3, 0.4) is 0 Å². The largest absolute Gasteiger partial charge is 0.411 e. The molecule has 1 rings (SSSR count). The second kappa shape index (κ2) is 6.59. The van der Waals surface area contributed by atoms with E-state index in [-0.39, 0.29) is 12.6 Å². The third kappa shape index (κ3) is 4.49. The first kappa shape index (κ1) is 17.0. The summed E-state index contributed by atoms with van der Waals surface area (Å²) in [6, 6.07) is 1.79. The van der Waals surface area contributed by atoms with Gasteiger partial charge < -0.3 is 10.5 Å². The lowest BCUT2D eigenvalue weighted by molar-refractivity contribution is -0.174. The maximum absolute atomic E-state index is 12.0. The molecule has 0 aliphatic heterocycles. The zero-order valence-corrected chi connectivity index (χ0v) is 12.4. The average molecular weight is 289 g/mol. The molecule has 20 heavy (non-hydrogen) atoms. The molecule has 0 heterocycles. The van der Waals surface area contributed by atoms with E-state index in [4.69, 9.17) is 5.73 Å². The molecule has 0 bridgehead atoms. The van der Waals surface area contributed by atoms with E-state index < -0.39 is 12.8 Å². The molecule has 1 aromatic rings. The van der Waals surface area contributed by atoms with Crippen molar-refractivity contribution in [3.8, 4) is 0 Å². The highest BCUT2D eigenvalue weighted by atomic mass is 19.4. The van der Waals surface area contributed by atoms with E-state index in [9.17, 15) is 13.2 Å². The van der Waals surface area contributed by atoms with Crippen molar-refractivity contribution in [2.24, 2.45) is 5.73 Å². The maximum Gasteiger partial charge on any atom is 0.411 e. The minimum atomic E-state index is -4.28. The molecule has 0 aliphatic rings. The molecule has 0 aromatic heterocycles. The van der Waals surface area contributed by atoms with Crippen molar-refractivity contribution in [1.29, 1.82) is 0 Å². The first-order chi connectivity index (χ1) is 9.13. The summed E-state index contributed by atoms with van der Waals surface area (Å²) in [5.74, 6) is 0. The van der Waals surface area contributed by atoms with E-state index in [0.717, 1.165) is 27.8 Å². The van der Waals surface area contributed by atoms with Gasteiger partial charge in [0.15, 0.2) is 0 Å². The molecule has 5 heteroatoms. The maximum atomic E-state index is 12.0. The third-order valence-electron chi connectivity index (χ3n) is 3.63. The summed E-state index contributed by atoms with van der Waals surface area (Å²) in [4.78, 5) is 0. The van der Waals surface area contributed by atoms with Crippen LogP contribution in [0.5, 0.6) is 0 Å². The number of rotatable bonds is 5. The van der Waals surface area contributed by atoms with Crippen LogP contribution in [0.2, 0.25) is 0 Å². The summed E-state index contributed by atoms with van der Waals surface area (Å²) >= 11 is 0. The molecule has 1 aromatic carbocycles. The van der Waals surface area contributed by atoms with E-state index in [1.165, 1.54) is 0 Å². The van der Waals surface area contributed by atoms with Crippen molar-refractivity contribution in [1.82, 2.24) is 0 Å². The smallest absolute Gasteiger partial charge is 0.372 e. The van der Waals surface area contributed by atoms with Gasteiger partial charge in [-0.2, -0.15) is 13.2 Å². The van der Waals surface area contributed by atoms with Crippen molar-refractivity contribution >= 4 is 0 Å². The lowest BCUT2D eigenvalue weighted by atomic mass is 9.89. The molecular weight excluding hydrogens is 267 g/mol. The lowest BCUT2D eigenvalue weighted by Crippen LogP contribution is -2.21. The molecule has 0 fully saturated rings. The molecule has 0 radical (unpaired) electrons. The third-order valence-corrected chi connectivity index (χ3v) is 3.63.